The quantitative estimate of drug-likeness (QED) is 0.774. The number of hydrogen-bond acceptors (Lipinski definition) is 7. The number of rotatable bonds is 3. The van der Waals surface area contributed by atoms with Crippen molar-refractivity contribution in [3.05, 3.63) is 11.2 Å². The van der Waals surface area contributed by atoms with E-state index in [0.29, 0.717) is 13.1 Å². The lowest BCUT2D eigenvalue weighted by atomic mass is 10.1. The molecule has 0 radical (unpaired) electrons. The molecule has 6 nitrogen and oxygen atoms in total. The Morgan fingerprint density at radius 1 is 1.43 bits per heavy atom. The van der Waals surface area contributed by atoms with Crippen LogP contribution in [0.1, 0.15) is 30.8 Å². The van der Waals surface area contributed by atoms with Gasteiger partial charge in [0.25, 0.3) is 10.0 Å². The van der Waals surface area contributed by atoms with Crippen LogP contribution in [0.2, 0.25) is 0 Å². The summed E-state index contributed by atoms with van der Waals surface area (Å²) in [4.78, 5) is 15.5. The summed E-state index contributed by atoms with van der Waals surface area (Å²) in [7, 11) is -2.49. The van der Waals surface area contributed by atoms with Crippen molar-refractivity contribution in [2.75, 3.05) is 26.0 Å². The summed E-state index contributed by atoms with van der Waals surface area (Å²) in [5.41, 5.74) is 1.23. The SMILES string of the molecule is COC(=O)c1ncsc1S(=O)(=O)N1CCSC(C)(C)CC1. The highest BCUT2D eigenvalue weighted by Gasteiger charge is 2.35. The lowest BCUT2D eigenvalue weighted by molar-refractivity contribution is 0.0590. The zero-order valence-electron chi connectivity index (χ0n) is 12.2. The monoisotopic (exact) mass is 350 g/mol. The molecule has 0 aromatic carbocycles. The summed E-state index contributed by atoms with van der Waals surface area (Å²) in [5.74, 6) is 0.0119. The van der Waals surface area contributed by atoms with E-state index >= 15 is 0 Å². The van der Waals surface area contributed by atoms with Gasteiger partial charge in [-0.3, -0.25) is 0 Å². The summed E-state index contributed by atoms with van der Waals surface area (Å²) in [6.45, 7) is 5.11. The van der Waals surface area contributed by atoms with Gasteiger partial charge in [0.15, 0.2) is 9.90 Å². The van der Waals surface area contributed by atoms with Crippen LogP contribution in [-0.4, -0.2) is 54.4 Å². The summed E-state index contributed by atoms with van der Waals surface area (Å²) in [6, 6.07) is 0. The van der Waals surface area contributed by atoms with Crippen LogP contribution in [-0.2, 0) is 14.8 Å². The molecule has 1 aromatic heterocycles. The number of hydrogen-bond donors (Lipinski definition) is 0. The molecule has 0 N–H and O–H groups in total. The minimum atomic E-state index is -3.70. The predicted molar refractivity (Wildman–Crippen MR) is 83.4 cm³/mol. The van der Waals surface area contributed by atoms with E-state index in [2.05, 4.69) is 23.6 Å². The number of carbonyl (C=O) groups excluding carboxylic acids is 1. The van der Waals surface area contributed by atoms with Crippen LogP contribution >= 0.6 is 23.1 Å². The summed E-state index contributed by atoms with van der Waals surface area (Å²) < 4.78 is 31.5. The molecule has 0 unspecified atom stereocenters. The molecule has 9 heteroatoms. The number of thioether (sulfide) groups is 1. The van der Waals surface area contributed by atoms with Crippen molar-refractivity contribution in [3.8, 4) is 0 Å². The molecule has 1 fully saturated rings. The minimum absolute atomic E-state index is 0.0287. The summed E-state index contributed by atoms with van der Waals surface area (Å²) in [5, 5.41) is 0. The Balaban J connectivity index is 2.30. The van der Waals surface area contributed by atoms with Crippen molar-refractivity contribution in [1.82, 2.24) is 9.29 Å². The third-order valence-corrected chi connectivity index (χ3v) is 7.90. The molecular formula is C12H18N2O4S3. The topological polar surface area (TPSA) is 76.6 Å². The van der Waals surface area contributed by atoms with Gasteiger partial charge in [0.05, 0.1) is 12.6 Å². The minimum Gasteiger partial charge on any atom is -0.464 e. The highest BCUT2D eigenvalue weighted by Crippen LogP contribution is 2.33. The number of esters is 1. The fourth-order valence-corrected chi connectivity index (χ4v) is 5.94. The van der Waals surface area contributed by atoms with Crippen molar-refractivity contribution < 1.29 is 17.9 Å². The third kappa shape index (κ3) is 3.58. The molecule has 0 saturated carbocycles. The van der Waals surface area contributed by atoms with Crippen molar-refractivity contribution in [2.45, 2.75) is 29.2 Å². The maximum absolute atomic E-state index is 12.7. The van der Waals surface area contributed by atoms with Crippen molar-refractivity contribution in [1.29, 1.82) is 0 Å². The van der Waals surface area contributed by atoms with Crippen LogP contribution in [0, 0.1) is 0 Å². The van der Waals surface area contributed by atoms with Gasteiger partial charge in [-0.15, -0.1) is 11.3 Å². The van der Waals surface area contributed by atoms with Gasteiger partial charge in [-0.25, -0.2) is 18.2 Å². The van der Waals surface area contributed by atoms with Gasteiger partial charge >= 0.3 is 5.97 Å². The number of aromatic nitrogens is 1. The first-order chi connectivity index (χ1) is 9.78. The highest BCUT2D eigenvalue weighted by atomic mass is 32.2. The number of methoxy groups -OCH3 is 1. The van der Waals surface area contributed by atoms with E-state index in [1.54, 1.807) is 11.8 Å². The van der Waals surface area contributed by atoms with Gasteiger partial charge in [-0.2, -0.15) is 16.1 Å². The van der Waals surface area contributed by atoms with E-state index in [1.165, 1.54) is 16.9 Å². The molecule has 2 heterocycles. The molecule has 1 aliphatic rings. The van der Waals surface area contributed by atoms with Crippen LogP contribution in [0.25, 0.3) is 0 Å². The van der Waals surface area contributed by atoms with Gasteiger partial charge in [0, 0.05) is 23.6 Å². The first kappa shape index (κ1) is 16.7. The molecule has 1 aliphatic heterocycles. The largest absolute Gasteiger partial charge is 0.464 e. The molecule has 118 valence electrons. The maximum atomic E-state index is 12.7. The molecule has 21 heavy (non-hydrogen) atoms. The van der Waals surface area contributed by atoms with Crippen molar-refractivity contribution >= 4 is 39.1 Å². The highest BCUT2D eigenvalue weighted by molar-refractivity contribution is 8.00. The zero-order valence-corrected chi connectivity index (χ0v) is 14.6. The molecule has 2 rings (SSSR count). The van der Waals surface area contributed by atoms with Crippen LogP contribution in [0.5, 0.6) is 0 Å². The standard InChI is InChI=1S/C12H18N2O4S3/c1-12(2)4-5-14(6-7-20-12)21(16,17)11-9(10(15)18-3)13-8-19-11/h8H,4-7H2,1-3H3. The van der Waals surface area contributed by atoms with Crippen LogP contribution in [0.4, 0.5) is 0 Å². The lowest BCUT2D eigenvalue weighted by Crippen LogP contribution is -2.34. The van der Waals surface area contributed by atoms with E-state index in [4.69, 9.17) is 0 Å². The summed E-state index contributed by atoms with van der Waals surface area (Å²) in [6.07, 6.45) is 0.767. The van der Waals surface area contributed by atoms with E-state index in [9.17, 15) is 13.2 Å². The van der Waals surface area contributed by atoms with Crippen LogP contribution in [0.15, 0.2) is 9.72 Å². The maximum Gasteiger partial charge on any atom is 0.358 e. The van der Waals surface area contributed by atoms with Crippen LogP contribution in [0.3, 0.4) is 0 Å². The van der Waals surface area contributed by atoms with Crippen molar-refractivity contribution in [2.24, 2.45) is 0 Å². The first-order valence-electron chi connectivity index (χ1n) is 6.44. The van der Waals surface area contributed by atoms with Gasteiger partial charge in [0.2, 0.25) is 0 Å². The zero-order chi connectivity index (χ0) is 15.7. The average molecular weight is 350 g/mol. The molecule has 1 saturated heterocycles. The second kappa shape index (κ2) is 6.23. The van der Waals surface area contributed by atoms with Gasteiger partial charge < -0.3 is 4.74 Å². The van der Waals surface area contributed by atoms with Gasteiger partial charge in [-0.1, -0.05) is 13.8 Å². The van der Waals surface area contributed by atoms with Crippen molar-refractivity contribution in [3.63, 3.8) is 0 Å². The lowest BCUT2D eigenvalue weighted by Gasteiger charge is -2.22. The third-order valence-electron chi connectivity index (χ3n) is 3.28. The molecule has 0 amide bonds. The number of carbonyl (C=O) groups is 1. The van der Waals surface area contributed by atoms with Crippen LogP contribution < -0.4 is 0 Å². The molecular weight excluding hydrogens is 332 g/mol. The molecule has 0 atom stereocenters. The fourth-order valence-electron chi connectivity index (χ4n) is 2.01. The Bertz CT molecular complexity index is 624. The fraction of sp³-hybridized carbons (Fsp3) is 0.667. The van der Waals surface area contributed by atoms with E-state index in [0.717, 1.165) is 23.5 Å². The first-order valence-corrected chi connectivity index (χ1v) is 9.74. The van der Waals surface area contributed by atoms with E-state index in [1.807, 2.05) is 0 Å². The number of sulfonamides is 1. The number of thiazole rings is 1. The Kier molecular flexibility index (Phi) is 4.96. The average Bonchev–Trinajstić information content (AvgIpc) is 2.84. The Morgan fingerprint density at radius 2 is 2.14 bits per heavy atom. The van der Waals surface area contributed by atoms with Gasteiger partial charge in [-0.05, 0) is 6.42 Å². The second-order valence-electron chi connectivity index (χ2n) is 5.24. The smallest absolute Gasteiger partial charge is 0.358 e. The molecule has 0 aliphatic carbocycles. The van der Waals surface area contributed by atoms with E-state index in [-0.39, 0.29) is 14.7 Å². The predicted octanol–water partition coefficient (Wildman–Crippen LogP) is 1.84. The summed E-state index contributed by atoms with van der Waals surface area (Å²) >= 11 is 2.72. The molecule has 1 aromatic rings. The normalized spacial score (nSPS) is 20.0. The Morgan fingerprint density at radius 3 is 2.81 bits per heavy atom. The Hall–Kier alpha value is -0.640. The molecule has 0 bridgehead atoms. The number of nitrogens with zero attached hydrogens (tertiary/aromatic N) is 2. The number of ether oxygens (including phenoxy) is 1. The second-order valence-corrected chi connectivity index (χ2v) is 10.0. The Labute approximate surface area is 132 Å². The van der Waals surface area contributed by atoms with E-state index < -0.39 is 16.0 Å². The molecule has 0 spiro atoms. The van der Waals surface area contributed by atoms with Gasteiger partial charge in [0.1, 0.15) is 0 Å².